The number of thioether (sulfide) groups is 1. The van der Waals surface area contributed by atoms with Crippen molar-refractivity contribution in [2.45, 2.75) is 76.4 Å². The van der Waals surface area contributed by atoms with E-state index in [1.54, 1.807) is 0 Å². The van der Waals surface area contributed by atoms with Crippen LogP contribution < -0.4 is 0 Å². The maximum Gasteiger partial charge on any atom is 0.302 e. The third-order valence-corrected chi connectivity index (χ3v) is 9.41. The molecule has 2 N–H and O–H groups in total. The van der Waals surface area contributed by atoms with Crippen molar-refractivity contribution in [2.24, 2.45) is 22.7 Å². The van der Waals surface area contributed by atoms with Crippen LogP contribution in [-0.4, -0.2) is 45.5 Å². The van der Waals surface area contributed by atoms with E-state index in [4.69, 9.17) is 4.74 Å². The molecule has 4 aliphatic rings. The Hall–Kier alpha value is -0.520. The van der Waals surface area contributed by atoms with Gasteiger partial charge in [-0.2, -0.15) is 11.8 Å². The van der Waals surface area contributed by atoms with Gasteiger partial charge in [0.2, 0.25) is 0 Å². The molecule has 3 aliphatic carbocycles. The molecular formula is C20H30O4S. The van der Waals surface area contributed by atoms with Gasteiger partial charge < -0.3 is 14.9 Å². The minimum atomic E-state index is -0.452. The first-order valence-electron chi connectivity index (χ1n) is 9.62. The summed E-state index contributed by atoms with van der Waals surface area (Å²) in [5.74, 6) is 1.31. The van der Waals surface area contributed by atoms with Crippen LogP contribution in [0.25, 0.3) is 0 Å². The topological polar surface area (TPSA) is 66.8 Å². The first-order valence-corrected chi connectivity index (χ1v) is 10.7. The zero-order chi connectivity index (χ0) is 18.0. The standard InChI is InChI=1S/C20H30O4S/c1-11(21)24-16-10-25-18-17-14(5-7-20(16,18)3)19(2)6-4-13(22)8-12(19)9-15(17)23/h9,13-18,22-23H,4-8,10H2,1-3H3/t13-,14?,15?,16-,17?,18?,19-,20+/m0/s1. The van der Waals surface area contributed by atoms with E-state index in [-0.39, 0.29) is 34.9 Å². The van der Waals surface area contributed by atoms with E-state index in [9.17, 15) is 15.0 Å². The van der Waals surface area contributed by atoms with Crippen LogP contribution in [0.4, 0.5) is 0 Å². The molecular weight excluding hydrogens is 336 g/mol. The molecule has 1 saturated heterocycles. The van der Waals surface area contributed by atoms with Crippen LogP contribution in [0, 0.1) is 22.7 Å². The second-order valence-corrected chi connectivity index (χ2v) is 10.3. The Morgan fingerprint density at radius 1 is 1.28 bits per heavy atom. The molecule has 2 saturated carbocycles. The van der Waals surface area contributed by atoms with Crippen molar-refractivity contribution in [1.82, 2.24) is 0 Å². The van der Waals surface area contributed by atoms with Gasteiger partial charge in [0.25, 0.3) is 0 Å². The number of rotatable bonds is 1. The fourth-order valence-corrected chi connectivity index (χ4v) is 8.28. The average molecular weight is 367 g/mol. The van der Waals surface area contributed by atoms with Crippen LogP contribution in [0.3, 0.4) is 0 Å². The van der Waals surface area contributed by atoms with Crippen LogP contribution in [-0.2, 0) is 9.53 Å². The smallest absolute Gasteiger partial charge is 0.302 e. The molecule has 5 heteroatoms. The Bertz CT molecular complexity index is 605. The molecule has 0 aromatic heterocycles. The minimum absolute atomic E-state index is 0.0421. The van der Waals surface area contributed by atoms with Gasteiger partial charge in [0.1, 0.15) is 6.10 Å². The molecule has 0 spiro atoms. The Labute approximate surface area is 154 Å². The molecule has 0 aromatic rings. The van der Waals surface area contributed by atoms with Crippen molar-refractivity contribution in [2.75, 3.05) is 5.75 Å². The predicted octanol–water partition coefficient (Wildman–Crippen LogP) is 2.92. The number of hydrogen-bond acceptors (Lipinski definition) is 5. The molecule has 0 amide bonds. The summed E-state index contributed by atoms with van der Waals surface area (Å²) in [6, 6.07) is 0. The number of aliphatic hydroxyl groups excluding tert-OH is 2. The fourth-order valence-electron chi connectivity index (χ4n) is 6.22. The summed E-state index contributed by atoms with van der Waals surface area (Å²) < 4.78 is 5.65. The number of aliphatic hydroxyl groups is 2. The van der Waals surface area contributed by atoms with Crippen LogP contribution in [0.2, 0.25) is 0 Å². The van der Waals surface area contributed by atoms with Crippen molar-refractivity contribution in [3.8, 4) is 0 Å². The van der Waals surface area contributed by atoms with E-state index in [0.717, 1.165) is 31.4 Å². The maximum absolute atomic E-state index is 11.5. The molecule has 140 valence electrons. The van der Waals surface area contributed by atoms with Crippen molar-refractivity contribution >= 4 is 17.7 Å². The number of ether oxygens (including phenoxy) is 1. The lowest BCUT2D eigenvalue weighted by molar-refractivity contribution is -0.154. The zero-order valence-corrected chi connectivity index (χ0v) is 16.2. The number of carbonyl (C=O) groups is 1. The van der Waals surface area contributed by atoms with Crippen LogP contribution in [0.15, 0.2) is 11.6 Å². The van der Waals surface area contributed by atoms with Gasteiger partial charge in [-0.25, -0.2) is 0 Å². The van der Waals surface area contributed by atoms with Crippen LogP contribution >= 0.6 is 11.8 Å². The van der Waals surface area contributed by atoms with Crippen molar-refractivity contribution in [3.63, 3.8) is 0 Å². The Kier molecular flexibility index (Phi) is 4.29. The molecule has 0 aromatic carbocycles. The Morgan fingerprint density at radius 2 is 2.04 bits per heavy atom. The summed E-state index contributed by atoms with van der Waals surface area (Å²) in [5.41, 5.74) is 1.32. The number of hydrogen-bond donors (Lipinski definition) is 2. The highest BCUT2D eigenvalue weighted by atomic mass is 32.2. The molecule has 0 radical (unpaired) electrons. The second kappa shape index (κ2) is 6.00. The summed E-state index contributed by atoms with van der Waals surface area (Å²) in [6.45, 7) is 6.09. The quantitative estimate of drug-likeness (QED) is 0.552. The van der Waals surface area contributed by atoms with Crippen molar-refractivity contribution in [1.29, 1.82) is 0 Å². The summed E-state index contributed by atoms with van der Waals surface area (Å²) in [5, 5.41) is 21.4. The van der Waals surface area contributed by atoms with Gasteiger partial charge in [0, 0.05) is 29.3 Å². The monoisotopic (exact) mass is 366 g/mol. The predicted molar refractivity (Wildman–Crippen MR) is 98.2 cm³/mol. The SMILES string of the molecule is CC(=O)O[C@H]1CSC2C3C(O)C=C4C[C@@H](O)CC[C@]4(C)C3CC[C@@]21C. The van der Waals surface area contributed by atoms with E-state index < -0.39 is 6.10 Å². The van der Waals surface area contributed by atoms with E-state index >= 15 is 0 Å². The Morgan fingerprint density at radius 3 is 2.76 bits per heavy atom. The molecule has 4 rings (SSSR count). The lowest BCUT2D eigenvalue weighted by Crippen LogP contribution is -2.57. The van der Waals surface area contributed by atoms with Gasteiger partial charge in [-0.3, -0.25) is 4.79 Å². The van der Waals surface area contributed by atoms with Gasteiger partial charge in [0.15, 0.2) is 0 Å². The van der Waals surface area contributed by atoms with E-state index in [1.165, 1.54) is 12.5 Å². The third-order valence-electron chi connectivity index (χ3n) is 7.70. The largest absolute Gasteiger partial charge is 0.461 e. The highest BCUT2D eigenvalue weighted by molar-refractivity contribution is 8.00. The van der Waals surface area contributed by atoms with Gasteiger partial charge >= 0.3 is 5.97 Å². The molecule has 8 atom stereocenters. The number of esters is 1. The first kappa shape index (κ1) is 17.9. The summed E-state index contributed by atoms with van der Waals surface area (Å²) in [7, 11) is 0. The molecule has 0 bridgehead atoms. The van der Waals surface area contributed by atoms with Crippen molar-refractivity contribution < 1.29 is 19.7 Å². The molecule has 4 unspecified atom stereocenters. The van der Waals surface area contributed by atoms with Gasteiger partial charge in [-0.05, 0) is 43.4 Å². The highest BCUT2D eigenvalue weighted by Crippen LogP contribution is 2.64. The maximum atomic E-state index is 11.5. The summed E-state index contributed by atoms with van der Waals surface area (Å²) in [4.78, 5) is 11.5. The zero-order valence-electron chi connectivity index (χ0n) is 15.4. The van der Waals surface area contributed by atoms with Crippen molar-refractivity contribution in [3.05, 3.63) is 11.6 Å². The average Bonchev–Trinajstić information content (AvgIpc) is 2.85. The third kappa shape index (κ3) is 2.61. The summed E-state index contributed by atoms with van der Waals surface area (Å²) in [6.07, 6.45) is 5.99. The van der Waals surface area contributed by atoms with Gasteiger partial charge in [-0.15, -0.1) is 0 Å². The van der Waals surface area contributed by atoms with E-state index in [2.05, 4.69) is 19.9 Å². The van der Waals surface area contributed by atoms with Gasteiger partial charge in [-0.1, -0.05) is 25.5 Å². The second-order valence-electron chi connectivity index (χ2n) is 9.08. The number of fused-ring (bicyclic) bond motifs is 5. The van der Waals surface area contributed by atoms with E-state index in [0.29, 0.717) is 17.6 Å². The minimum Gasteiger partial charge on any atom is -0.461 e. The lowest BCUT2D eigenvalue weighted by atomic mass is 9.49. The highest BCUT2D eigenvalue weighted by Gasteiger charge is 2.62. The molecule has 1 aliphatic heterocycles. The fraction of sp³-hybridized carbons (Fsp3) is 0.850. The normalized spacial score (nSPS) is 51.8. The number of carbonyl (C=O) groups excluding carboxylic acids is 1. The summed E-state index contributed by atoms with van der Waals surface area (Å²) >= 11 is 1.89. The first-order chi connectivity index (χ1) is 11.8. The van der Waals surface area contributed by atoms with Gasteiger partial charge in [0.05, 0.1) is 12.2 Å². The molecule has 25 heavy (non-hydrogen) atoms. The molecule has 1 heterocycles. The van der Waals surface area contributed by atoms with E-state index in [1.807, 2.05) is 11.8 Å². The lowest BCUT2D eigenvalue weighted by Gasteiger charge is -2.58. The molecule has 3 fully saturated rings. The van der Waals surface area contributed by atoms with Crippen LogP contribution in [0.1, 0.15) is 52.9 Å². The van der Waals surface area contributed by atoms with Crippen LogP contribution in [0.5, 0.6) is 0 Å². The molecule has 4 nitrogen and oxygen atoms in total. The Balaban J connectivity index is 1.67.